The molecule has 0 spiro atoms. The summed E-state index contributed by atoms with van der Waals surface area (Å²) in [6, 6.07) is 0. The van der Waals surface area contributed by atoms with E-state index in [1.165, 1.54) is 58.4 Å². The molecule has 2 nitrogen and oxygen atoms in total. The van der Waals surface area contributed by atoms with E-state index in [0.717, 1.165) is 5.92 Å². The molecule has 0 aromatic heterocycles. The van der Waals surface area contributed by atoms with Crippen LogP contribution < -0.4 is 0 Å². The summed E-state index contributed by atoms with van der Waals surface area (Å²) in [5.41, 5.74) is 0.364. The molecule has 0 aliphatic carbocycles. The molecule has 0 aromatic rings. The largest absolute Gasteiger partial charge is 0.304 e. The van der Waals surface area contributed by atoms with Gasteiger partial charge in [-0.2, -0.15) is 0 Å². The second-order valence-corrected chi connectivity index (χ2v) is 6.82. The third-order valence-electron chi connectivity index (χ3n) is 4.40. The predicted molar refractivity (Wildman–Crippen MR) is 81.1 cm³/mol. The lowest BCUT2D eigenvalue weighted by atomic mass is 9.90. The maximum absolute atomic E-state index is 2.65. The van der Waals surface area contributed by atoms with Crippen LogP contribution in [0.5, 0.6) is 0 Å². The smallest absolute Gasteiger partial charge is 0.0125 e. The molecule has 0 radical (unpaired) electrons. The monoisotopic (exact) mass is 254 g/mol. The zero-order valence-corrected chi connectivity index (χ0v) is 13.3. The van der Waals surface area contributed by atoms with Gasteiger partial charge in [0, 0.05) is 5.54 Å². The highest BCUT2D eigenvalue weighted by Crippen LogP contribution is 2.25. The van der Waals surface area contributed by atoms with E-state index in [9.17, 15) is 0 Å². The molecule has 1 aliphatic rings. The van der Waals surface area contributed by atoms with E-state index in [1.807, 2.05) is 0 Å². The summed E-state index contributed by atoms with van der Waals surface area (Å²) >= 11 is 0. The Bertz CT molecular complexity index is 212. The minimum absolute atomic E-state index is 0.364. The Morgan fingerprint density at radius 1 is 1.06 bits per heavy atom. The molecule has 1 fully saturated rings. The quantitative estimate of drug-likeness (QED) is 0.714. The zero-order chi connectivity index (χ0) is 13.6. The van der Waals surface area contributed by atoms with Crippen LogP contribution in [-0.2, 0) is 0 Å². The first-order chi connectivity index (χ1) is 8.47. The van der Waals surface area contributed by atoms with Gasteiger partial charge < -0.3 is 4.90 Å². The van der Waals surface area contributed by atoms with E-state index >= 15 is 0 Å². The molecule has 0 atom stereocenters. The summed E-state index contributed by atoms with van der Waals surface area (Å²) in [5, 5.41) is 0. The number of hydrogen-bond donors (Lipinski definition) is 0. The minimum Gasteiger partial charge on any atom is -0.304 e. The Hall–Kier alpha value is -0.0800. The number of rotatable bonds is 6. The molecule has 0 saturated carbocycles. The van der Waals surface area contributed by atoms with E-state index in [0.29, 0.717) is 5.54 Å². The highest BCUT2D eigenvalue weighted by Gasteiger charge is 2.26. The van der Waals surface area contributed by atoms with Gasteiger partial charge in [-0.1, -0.05) is 13.8 Å². The van der Waals surface area contributed by atoms with Crippen LogP contribution in [0.1, 0.15) is 60.3 Å². The standard InChI is InChI=1S/C16H34N2/c1-6-11-17(7-2)12-8-15-9-13-18(14-10-15)16(3,4)5/h15H,6-14H2,1-5H3. The van der Waals surface area contributed by atoms with Crippen LogP contribution in [0.15, 0.2) is 0 Å². The SMILES string of the molecule is CCCN(CC)CCC1CCN(C(C)(C)C)CC1. The van der Waals surface area contributed by atoms with Gasteiger partial charge in [0.2, 0.25) is 0 Å². The Morgan fingerprint density at radius 2 is 1.67 bits per heavy atom. The van der Waals surface area contributed by atoms with Gasteiger partial charge in [-0.05, 0) is 85.1 Å². The summed E-state index contributed by atoms with van der Waals surface area (Å²) < 4.78 is 0. The molecule has 0 bridgehead atoms. The van der Waals surface area contributed by atoms with Gasteiger partial charge in [-0.3, -0.25) is 4.90 Å². The predicted octanol–water partition coefficient (Wildman–Crippen LogP) is 3.62. The van der Waals surface area contributed by atoms with Crippen molar-refractivity contribution in [3.05, 3.63) is 0 Å². The van der Waals surface area contributed by atoms with E-state index in [1.54, 1.807) is 0 Å². The van der Waals surface area contributed by atoms with Crippen molar-refractivity contribution in [3.8, 4) is 0 Å². The van der Waals surface area contributed by atoms with Crippen molar-refractivity contribution in [2.24, 2.45) is 5.92 Å². The molecule has 0 amide bonds. The fourth-order valence-corrected chi connectivity index (χ4v) is 3.00. The molecule has 0 unspecified atom stereocenters. The summed E-state index contributed by atoms with van der Waals surface area (Å²) in [6.45, 7) is 18.0. The highest BCUT2D eigenvalue weighted by molar-refractivity contribution is 4.82. The first-order valence-electron chi connectivity index (χ1n) is 7.94. The van der Waals surface area contributed by atoms with Gasteiger partial charge in [-0.15, -0.1) is 0 Å². The van der Waals surface area contributed by atoms with Gasteiger partial charge in [-0.25, -0.2) is 0 Å². The molecule has 1 rings (SSSR count). The lowest BCUT2D eigenvalue weighted by Crippen LogP contribution is -2.46. The van der Waals surface area contributed by atoms with Gasteiger partial charge in [0.1, 0.15) is 0 Å². The third kappa shape index (κ3) is 5.27. The summed E-state index contributed by atoms with van der Waals surface area (Å²) in [5.74, 6) is 0.967. The van der Waals surface area contributed by atoms with E-state index in [2.05, 4.69) is 44.4 Å². The molecule has 2 heteroatoms. The highest BCUT2D eigenvalue weighted by atomic mass is 15.2. The van der Waals surface area contributed by atoms with Crippen molar-refractivity contribution in [2.75, 3.05) is 32.7 Å². The fourth-order valence-electron chi connectivity index (χ4n) is 3.00. The molecule has 1 heterocycles. The lowest BCUT2D eigenvalue weighted by Gasteiger charge is -2.41. The van der Waals surface area contributed by atoms with Crippen LogP contribution in [-0.4, -0.2) is 48.1 Å². The number of hydrogen-bond acceptors (Lipinski definition) is 2. The summed E-state index contributed by atoms with van der Waals surface area (Å²) in [6.07, 6.45) is 5.50. The van der Waals surface area contributed by atoms with Gasteiger partial charge in [0.05, 0.1) is 0 Å². The van der Waals surface area contributed by atoms with Crippen molar-refractivity contribution in [3.63, 3.8) is 0 Å². The number of nitrogens with zero attached hydrogens (tertiary/aromatic N) is 2. The van der Waals surface area contributed by atoms with Crippen molar-refractivity contribution < 1.29 is 0 Å². The molecule has 0 N–H and O–H groups in total. The van der Waals surface area contributed by atoms with Crippen molar-refractivity contribution in [2.45, 2.75) is 65.8 Å². The van der Waals surface area contributed by atoms with Crippen LogP contribution in [0, 0.1) is 5.92 Å². The first kappa shape index (κ1) is 16.0. The van der Waals surface area contributed by atoms with Crippen molar-refractivity contribution in [1.82, 2.24) is 9.80 Å². The van der Waals surface area contributed by atoms with Crippen molar-refractivity contribution in [1.29, 1.82) is 0 Å². The van der Waals surface area contributed by atoms with Crippen LogP contribution in [0.2, 0.25) is 0 Å². The number of likely N-dealkylation sites (tertiary alicyclic amines) is 1. The molecule has 1 aliphatic heterocycles. The summed E-state index contributed by atoms with van der Waals surface area (Å²) in [7, 11) is 0. The van der Waals surface area contributed by atoms with Crippen LogP contribution in [0.3, 0.4) is 0 Å². The van der Waals surface area contributed by atoms with Gasteiger partial charge >= 0.3 is 0 Å². The zero-order valence-electron chi connectivity index (χ0n) is 13.3. The molecular formula is C16H34N2. The Labute approximate surface area is 115 Å². The molecule has 1 saturated heterocycles. The maximum atomic E-state index is 2.65. The Balaban J connectivity index is 2.23. The molecule has 108 valence electrons. The molecule has 18 heavy (non-hydrogen) atoms. The topological polar surface area (TPSA) is 6.48 Å². The van der Waals surface area contributed by atoms with Crippen LogP contribution in [0.25, 0.3) is 0 Å². The fraction of sp³-hybridized carbons (Fsp3) is 1.00. The summed E-state index contributed by atoms with van der Waals surface area (Å²) in [4.78, 5) is 5.25. The normalized spacial score (nSPS) is 19.7. The molecule has 0 aromatic carbocycles. The van der Waals surface area contributed by atoms with Crippen molar-refractivity contribution >= 4 is 0 Å². The second kappa shape index (κ2) is 7.49. The minimum atomic E-state index is 0.364. The third-order valence-corrected chi connectivity index (χ3v) is 4.40. The van der Waals surface area contributed by atoms with E-state index < -0.39 is 0 Å². The van der Waals surface area contributed by atoms with E-state index in [-0.39, 0.29) is 0 Å². The Morgan fingerprint density at radius 3 is 2.11 bits per heavy atom. The number of piperidine rings is 1. The average molecular weight is 254 g/mol. The van der Waals surface area contributed by atoms with E-state index in [4.69, 9.17) is 0 Å². The van der Waals surface area contributed by atoms with Gasteiger partial charge in [0.15, 0.2) is 0 Å². The Kier molecular flexibility index (Phi) is 6.65. The molecular weight excluding hydrogens is 220 g/mol. The first-order valence-corrected chi connectivity index (χ1v) is 7.94. The maximum Gasteiger partial charge on any atom is 0.0125 e. The average Bonchev–Trinajstić information content (AvgIpc) is 2.34. The lowest BCUT2D eigenvalue weighted by molar-refractivity contribution is 0.0819. The van der Waals surface area contributed by atoms with Crippen LogP contribution in [0.4, 0.5) is 0 Å². The second-order valence-electron chi connectivity index (χ2n) is 6.82. The van der Waals surface area contributed by atoms with Crippen LogP contribution >= 0.6 is 0 Å². The van der Waals surface area contributed by atoms with Gasteiger partial charge in [0.25, 0.3) is 0 Å².